The maximum atomic E-state index is 4.85. The van der Waals surface area contributed by atoms with Gasteiger partial charge in [0.15, 0.2) is 5.96 Å². The number of halogens is 1. The molecular formula is C21H32IN5S. The van der Waals surface area contributed by atoms with Crippen LogP contribution < -0.4 is 10.6 Å². The maximum absolute atomic E-state index is 4.85. The van der Waals surface area contributed by atoms with Crippen molar-refractivity contribution in [3.63, 3.8) is 0 Å². The second-order valence-corrected chi connectivity index (χ2v) is 8.07. The lowest BCUT2D eigenvalue weighted by Gasteiger charge is -2.31. The van der Waals surface area contributed by atoms with E-state index in [0.717, 1.165) is 50.8 Å². The third-order valence-corrected chi connectivity index (χ3v) is 5.68. The van der Waals surface area contributed by atoms with Crippen LogP contribution in [0.1, 0.15) is 30.3 Å². The minimum Gasteiger partial charge on any atom is -0.357 e. The first kappa shape index (κ1) is 23.1. The molecule has 1 saturated heterocycles. The molecule has 0 aliphatic carbocycles. The summed E-state index contributed by atoms with van der Waals surface area (Å²) >= 11 is 1.86. The zero-order chi connectivity index (χ0) is 18.7. The molecule has 0 saturated carbocycles. The topological polar surface area (TPSA) is 52.6 Å². The Hall–Kier alpha value is -1.19. The molecule has 2 aromatic heterocycles. The zero-order valence-corrected chi connectivity index (χ0v) is 19.8. The molecule has 1 unspecified atom stereocenters. The van der Waals surface area contributed by atoms with Crippen molar-refractivity contribution in [1.82, 2.24) is 20.5 Å². The van der Waals surface area contributed by atoms with Gasteiger partial charge in [-0.15, -0.1) is 35.3 Å². The van der Waals surface area contributed by atoms with Gasteiger partial charge in [0.2, 0.25) is 0 Å². The van der Waals surface area contributed by atoms with Crippen molar-refractivity contribution in [2.45, 2.75) is 32.7 Å². The molecule has 0 bridgehead atoms. The van der Waals surface area contributed by atoms with Gasteiger partial charge in [-0.2, -0.15) is 0 Å². The van der Waals surface area contributed by atoms with Crippen molar-refractivity contribution in [2.75, 3.05) is 32.7 Å². The number of nitrogens with one attached hydrogen (secondary N) is 2. The van der Waals surface area contributed by atoms with Crippen LogP contribution in [0.4, 0.5) is 0 Å². The molecule has 7 heteroatoms. The SMILES string of the molecule is CCNC(=NCC1CCCN(Cc2cccs2)C1)NCCc1ccccn1.I. The smallest absolute Gasteiger partial charge is 0.191 e. The molecule has 3 rings (SSSR count). The summed E-state index contributed by atoms with van der Waals surface area (Å²) in [5.74, 6) is 1.56. The lowest BCUT2D eigenvalue weighted by atomic mass is 9.98. The third-order valence-electron chi connectivity index (χ3n) is 4.81. The van der Waals surface area contributed by atoms with Gasteiger partial charge in [-0.3, -0.25) is 14.9 Å². The molecule has 3 heterocycles. The number of pyridine rings is 1. The molecular weight excluding hydrogens is 481 g/mol. The summed E-state index contributed by atoms with van der Waals surface area (Å²) < 4.78 is 0. The number of guanidine groups is 1. The monoisotopic (exact) mass is 513 g/mol. The lowest BCUT2D eigenvalue weighted by molar-refractivity contribution is 0.172. The van der Waals surface area contributed by atoms with Gasteiger partial charge >= 0.3 is 0 Å². The number of aliphatic imine (C=N–C) groups is 1. The van der Waals surface area contributed by atoms with E-state index in [1.165, 1.54) is 24.3 Å². The van der Waals surface area contributed by atoms with Crippen LogP contribution in [0.25, 0.3) is 0 Å². The number of hydrogen-bond acceptors (Lipinski definition) is 4. The third kappa shape index (κ3) is 8.05. The molecule has 5 nitrogen and oxygen atoms in total. The minimum absolute atomic E-state index is 0. The van der Waals surface area contributed by atoms with Crippen LogP contribution in [0.5, 0.6) is 0 Å². The van der Waals surface area contributed by atoms with Crippen molar-refractivity contribution in [2.24, 2.45) is 10.9 Å². The first-order chi connectivity index (χ1) is 13.3. The number of likely N-dealkylation sites (tertiary alicyclic amines) is 1. The van der Waals surface area contributed by atoms with E-state index in [-0.39, 0.29) is 24.0 Å². The molecule has 0 aromatic carbocycles. The Morgan fingerprint density at radius 2 is 2.21 bits per heavy atom. The van der Waals surface area contributed by atoms with Crippen LogP contribution in [-0.2, 0) is 13.0 Å². The summed E-state index contributed by atoms with van der Waals surface area (Å²) in [5.41, 5.74) is 1.11. The van der Waals surface area contributed by atoms with Crippen LogP contribution in [0.2, 0.25) is 0 Å². The van der Waals surface area contributed by atoms with E-state index in [9.17, 15) is 0 Å². The van der Waals surface area contributed by atoms with Gasteiger partial charge in [0.05, 0.1) is 0 Å². The zero-order valence-electron chi connectivity index (χ0n) is 16.6. The van der Waals surface area contributed by atoms with Crippen molar-refractivity contribution in [1.29, 1.82) is 0 Å². The molecule has 1 aliphatic heterocycles. The standard InChI is InChI=1S/C21H31N5S.HI/c1-2-22-21(24-12-10-19-8-3-4-11-23-19)25-15-18-7-5-13-26(16-18)17-20-9-6-14-27-20;/h3-4,6,8-9,11,14,18H,2,5,7,10,12-13,15-17H2,1H3,(H2,22,24,25);1H. The molecule has 2 N–H and O–H groups in total. The van der Waals surface area contributed by atoms with Gasteiger partial charge in [-0.25, -0.2) is 0 Å². The van der Waals surface area contributed by atoms with Crippen molar-refractivity contribution in [3.05, 3.63) is 52.5 Å². The Morgan fingerprint density at radius 1 is 1.29 bits per heavy atom. The number of nitrogens with zero attached hydrogens (tertiary/aromatic N) is 3. The minimum atomic E-state index is 0. The highest BCUT2D eigenvalue weighted by molar-refractivity contribution is 14.0. The fraction of sp³-hybridized carbons (Fsp3) is 0.524. The summed E-state index contributed by atoms with van der Waals surface area (Å²) in [5, 5.41) is 8.97. The molecule has 154 valence electrons. The van der Waals surface area contributed by atoms with Gasteiger partial charge < -0.3 is 10.6 Å². The quantitative estimate of drug-likeness (QED) is 0.321. The first-order valence-corrected chi connectivity index (χ1v) is 10.9. The fourth-order valence-electron chi connectivity index (χ4n) is 3.48. The Bertz CT molecular complexity index is 677. The number of aromatic nitrogens is 1. The van der Waals surface area contributed by atoms with E-state index in [0.29, 0.717) is 5.92 Å². The van der Waals surface area contributed by atoms with E-state index in [1.807, 2.05) is 29.7 Å². The summed E-state index contributed by atoms with van der Waals surface area (Å²) in [6.07, 6.45) is 5.30. The average Bonchev–Trinajstić information content (AvgIpc) is 3.20. The molecule has 2 aromatic rings. The maximum Gasteiger partial charge on any atom is 0.191 e. The number of thiophene rings is 1. The van der Waals surface area contributed by atoms with Gasteiger partial charge in [-0.05, 0) is 55.8 Å². The fourth-order valence-corrected chi connectivity index (χ4v) is 4.23. The lowest BCUT2D eigenvalue weighted by Crippen LogP contribution is -2.40. The van der Waals surface area contributed by atoms with Gasteiger partial charge in [0.1, 0.15) is 0 Å². The largest absolute Gasteiger partial charge is 0.357 e. The summed E-state index contributed by atoms with van der Waals surface area (Å²) in [4.78, 5) is 13.3. The van der Waals surface area contributed by atoms with Gasteiger partial charge in [0, 0.05) is 55.9 Å². The molecule has 28 heavy (non-hydrogen) atoms. The average molecular weight is 513 g/mol. The highest BCUT2D eigenvalue weighted by atomic mass is 127. The highest BCUT2D eigenvalue weighted by Crippen LogP contribution is 2.20. The van der Waals surface area contributed by atoms with Crippen LogP contribution >= 0.6 is 35.3 Å². The normalized spacial score (nSPS) is 17.8. The van der Waals surface area contributed by atoms with Crippen molar-refractivity contribution in [3.8, 4) is 0 Å². The van der Waals surface area contributed by atoms with E-state index in [4.69, 9.17) is 4.99 Å². The summed E-state index contributed by atoms with van der Waals surface area (Å²) in [6, 6.07) is 10.4. The Labute approximate surface area is 190 Å². The Balaban J connectivity index is 0.00000280. The van der Waals surface area contributed by atoms with Gasteiger partial charge in [0.25, 0.3) is 0 Å². The Morgan fingerprint density at radius 3 is 2.96 bits per heavy atom. The second-order valence-electron chi connectivity index (χ2n) is 7.04. The van der Waals surface area contributed by atoms with E-state index in [2.05, 4.69) is 51.0 Å². The van der Waals surface area contributed by atoms with Crippen molar-refractivity contribution >= 4 is 41.3 Å². The first-order valence-electron chi connectivity index (χ1n) is 10.0. The Kier molecular flexibility index (Phi) is 10.8. The van der Waals surface area contributed by atoms with Crippen LogP contribution in [0.15, 0.2) is 46.9 Å². The molecule has 1 aliphatic rings. The van der Waals surface area contributed by atoms with E-state index in [1.54, 1.807) is 0 Å². The van der Waals surface area contributed by atoms with Crippen LogP contribution in [-0.4, -0.2) is 48.6 Å². The van der Waals surface area contributed by atoms with E-state index < -0.39 is 0 Å². The highest BCUT2D eigenvalue weighted by Gasteiger charge is 2.20. The predicted octanol–water partition coefficient (Wildman–Crippen LogP) is 3.77. The van der Waals surface area contributed by atoms with E-state index >= 15 is 0 Å². The molecule has 1 atom stereocenters. The number of piperidine rings is 1. The molecule has 0 amide bonds. The number of rotatable bonds is 8. The predicted molar refractivity (Wildman–Crippen MR) is 130 cm³/mol. The van der Waals surface area contributed by atoms with Gasteiger partial charge in [-0.1, -0.05) is 12.1 Å². The second kappa shape index (κ2) is 13.1. The summed E-state index contributed by atoms with van der Waals surface area (Å²) in [7, 11) is 0. The molecule has 0 spiro atoms. The number of hydrogen-bond donors (Lipinski definition) is 2. The van der Waals surface area contributed by atoms with Crippen LogP contribution in [0, 0.1) is 5.92 Å². The molecule has 0 radical (unpaired) electrons. The molecule has 1 fully saturated rings. The summed E-state index contributed by atoms with van der Waals surface area (Å²) in [6.45, 7) is 8.16. The van der Waals surface area contributed by atoms with Crippen molar-refractivity contribution < 1.29 is 0 Å². The van der Waals surface area contributed by atoms with Crippen LogP contribution in [0.3, 0.4) is 0 Å².